The maximum atomic E-state index is 10.5. The monoisotopic (exact) mass is 183 g/mol. The topological polar surface area (TPSA) is 31.2 Å². The molecule has 0 fully saturated rings. The van der Waals surface area contributed by atoms with E-state index in [0.717, 1.165) is 5.56 Å². The van der Waals surface area contributed by atoms with Crippen LogP contribution in [0.15, 0.2) is 30.6 Å². The van der Waals surface area contributed by atoms with Gasteiger partial charge in [0.15, 0.2) is 18.2 Å². The molecule has 1 rings (SSSR count). The van der Waals surface area contributed by atoms with E-state index in [1.807, 2.05) is 24.5 Å². The van der Waals surface area contributed by atoms with E-state index in [-0.39, 0.29) is 18.2 Å². The molecule has 1 heterocycles. The molecule has 0 unspecified atom stereocenters. The number of halogens is 1. The molecule has 0 aliphatic rings. The smallest absolute Gasteiger partial charge is 0.174 e. The van der Waals surface area contributed by atoms with Crippen LogP contribution in [0.25, 0.3) is 6.08 Å². The van der Waals surface area contributed by atoms with Crippen LogP contribution in [0.2, 0.25) is 0 Å². The summed E-state index contributed by atoms with van der Waals surface area (Å²) in [7, 11) is 0. The van der Waals surface area contributed by atoms with E-state index >= 15 is 0 Å². The molecule has 64 valence electrons. The zero-order valence-electron chi connectivity index (χ0n) is 6.75. The van der Waals surface area contributed by atoms with Crippen molar-refractivity contribution in [1.29, 1.82) is 0 Å². The van der Waals surface area contributed by atoms with Gasteiger partial charge in [-0.1, -0.05) is 0 Å². The standard InChI is InChI=1S/C9H9NO.ClH/c1-8(11)4-5-9-3-2-6-10-7-9;/h2-7H,1H3;1H/b5-4+;. The maximum absolute atomic E-state index is 10.5. The molecule has 0 aliphatic carbocycles. The minimum absolute atomic E-state index is 0. The molecule has 0 spiro atoms. The van der Waals surface area contributed by atoms with Crippen LogP contribution in [0.1, 0.15) is 12.5 Å². The number of hydrogen-bond donors (Lipinski definition) is 0. The lowest BCUT2D eigenvalue weighted by atomic mass is 10.2. The van der Waals surface area contributed by atoms with Crippen molar-refractivity contribution in [3.8, 4) is 0 Å². The van der Waals surface area contributed by atoms with Gasteiger partial charge in [0.25, 0.3) is 0 Å². The van der Waals surface area contributed by atoms with E-state index in [1.54, 1.807) is 12.2 Å². The van der Waals surface area contributed by atoms with Gasteiger partial charge in [0.1, 0.15) is 0 Å². The van der Waals surface area contributed by atoms with Gasteiger partial charge in [-0.15, -0.1) is 0 Å². The number of ketones is 1. The summed E-state index contributed by atoms with van der Waals surface area (Å²) in [6, 6.07) is 3.82. The number of aromatic amines is 1. The predicted octanol–water partition coefficient (Wildman–Crippen LogP) is -1.89. The first kappa shape index (κ1) is 10.8. The number of hydrogen-bond acceptors (Lipinski definition) is 1. The molecule has 2 nitrogen and oxygen atoms in total. The lowest BCUT2D eigenvalue weighted by molar-refractivity contribution is -0.378. The number of aromatic nitrogens is 1. The van der Waals surface area contributed by atoms with Crippen LogP contribution in [0.3, 0.4) is 0 Å². The van der Waals surface area contributed by atoms with Gasteiger partial charge in [-0.05, 0) is 25.1 Å². The number of carbonyl (C=O) groups excluding carboxylic acids is 1. The summed E-state index contributed by atoms with van der Waals surface area (Å²) in [6.45, 7) is 1.53. The van der Waals surface area contributed by atoms with Crippen molar-refractivity contribution in [2.24, 2.45) is 0 Å². The summed E-state index contributed by atoms with van der Waals surface area (Å²) >= 11 is 0. The molecule has 3 heteroatoms. The average molecular weight is 184 g/mol. The second-order valence-electron chi connectivity index (χ2n) is 2.28. The summed E-state index contributed by atoms with van der Waals surface area (Å²) in [4.78, 5) is 13.4. The minimum atomic E-state index is 0. The van der Waals surface area contributed by atoms with Crippen molar-refractivity contribution < 1.29 is 22.2 Å². The SMILES string of the molecule is CC(=O)/C=C/c1ccc[nH+]c1.[Cl-]. The first-order valence-corrected chi connectivity index (χ1v) is 3.44. The Labute approximate surface area is 77.7 Å². The third-order valence-corrected chi connectivity index (χ3v) is 1.24. The average Bonchev–Trinajstić information content (AvgIpc) is 2.03. The molecule has 0 bridgehead atoms. The Kier molecular flexibility index (Phi) is 4.97. The molecule has 12 heavy (non-hydrogen) atoms. The van der Waals surface area contributed by atoms with Gasteiger partial charge in [-0.2, -0.15) is 0 Å². The first-order valence-electron chi connectivity index (χ1n) is 3.44. The highest BCUT2D eigenvalue weighted by Gasteiger charge is 1.88. The number of carbonyl (C=O) groups is 1. The molecular formula is C9H10ClNO. The Hall–Kier alpha value is -1.15. The van der Waals surface area contributed by atoms with Crippen LogP contribution in [-0.2, 0) is 4.79 Å². The zero-order chi connectivity index (χ0) is 8.10. The van der Waals surface area contributed by atoms with Gasteiger partial charge in [0.05, 0.1) is 0 Å². The first-order chi connectivity index (χ1) is 5.29. The fourth-order valence-electron chi connectivity index (χ4n) is 0.724. The summed E-state index contributed by atoms with van der Waals surface area (Å²) in [5, 5.41) is 0. The van der Waals surface area contributed by atoms with E-state index in [0.29, 0.717) is 0 Å². The second kappa shape index (κ2) is 5.49. The lowest BCUT2D eigenvalue weighted by Crippen LogP contribution is -3.00. The van der Waals surface area contributed by atoms with Crippen molar-refractivity contribution >= 4 is 11.9 Å². The Morgan fingerprint density at radius 2 is 2.33 bits per heavy atom. The van der Waals surface area contributed by atoms with Gasteiger partial charge in [-0.3, -0.25) is 4.79 Å². The molecule has 1 aromatic rings. The number of pyridine rings is 1. The van der Waals surface area contributed by atoms with Crippen molar-refractivity contribution in [3.63, 3.8) is 0 Å². The fourth-order valence-corrected chi connectivity index (χ4v) is 0.724. The molecule has 0 atom stereocenters. The predicted molar refractivity (Wildman–Crippen MR) is 42.7 cm³/mol. The molecule has 0 saturated carbocycles. The van der Waals surface area contributed by atoms with Crippen molar-refractivity contribution in [2.45, 2.75) is 6.92 Å². The molecule has 0 radical (unpaired) electrons. The number of nitrogens with one attached hydrogen (secondary N) is 1. The summed E-state index contributed by atoms with van der Waals surface area (Å²) < 4.78 is 0. The van der Waals surface area contributed by atoms with Gasteiger partial charge in [0.2, 0.25) is 0 Å². The van der Waals surface area contributed by atoms with Gasteiger partial charge in [-0.25, -0.2) is 4.98 Å². The van der Waals surface area contributed by atoms with Crippen molar-refractivity contribution in [2.75, 3.05) is 0 Å². The summed E-state index contributed by atoms with van der Waals surface area (Å²) in [5.41, 5.74) is 1.00. The highest BCUT2D eigenvalue weighted by molar-refractivity contribution is 5.91. The quantitative estimate of drug-likeness (QED) is 0.494. The van der Waals surface area contributed by atoms with Gasteiger partial charge < -0.3 is 12.4 Å². The van der Waals surface area contributed by atoms with Crippen LogP contribution in [-0.4, -0.2) is 5.78 Å². The van der Waals surface area contributed by atoms with Crippen molar-refractivity contribution in [3.05, 3.63) is 36.2 Å². The fraction of sp³-hybridized carbons (Fsp3) is 0.111. The lowest BCUT2D eigenvalue weighted by Gasteiger charge is -1.83. The molecule has 0 amide bonds. The molecule has 0 saturated heterocycles. The van der Waals surface area contributed by atoms with Crippen LogP contribution in [0.4, 0.5) is 0 Å². The van der Waals surface area contributed by atoms with Crippen LogP contribution < -0.4 is 17.4 Å². The molecule has 0 aliphatic heterocycles. The Balaban J connectivity index is 0.00000121. The normalized spacial score (nSPS) is 9.42. The summed E-state index contributed by atoms with van der Waals surface area (Å²) in [5.74, 6) is 0.0638. The number of allylic oxidation sites excluding steroid dienone is 1. The third kappa shape index (κ3) is 3.88. The van der Waals surface area contributed by atoms with Crippen molar-refractivity contribution in [1.82, 2.24) is 0 Å². The maximum Gasteiger partial charge on any atom is 0.174 e. The summed E-state index contributed by atoms with van der Waals surface area (Å²) in [6.07, 6.45) is 6.98. The van der Waals surface area contributed by atoms with E-state index in [1.165, 1.54) is 6.92 Å². The van der Waals surface area contributed by atoms with Gasteiger partial charge >= 0.3 is 0 Å². The molecule has 1 aromatic heterocycles. The molecular weight excluding hydrogens is 174 g/mol. The van der Waals surface area contributed by atoms with E-state index in [2.05, 4.69) is 4.98 Å². The van der Waals surface area contributed by atoms with E-state index < -0.39 is 0 Å². The van der Waals surface area contributed by atoms with E-state index in [9.17, 15) is 4.79 Å². The number of rotatable bonds is 2. The highest BCUT2D eigenvalue weighted by Crippen LogP contribution is 1.95. The van der Waals surface area contributed by atoms with Crippen LogP contribution >= 0.6 is 0 Å². The zero-order valence-corrected chi connectivity index (χ0v) is 7.51. The second-order valence-corrected chi connectivity index (χ2v) is 2.28. The Morgan fingerprint density at radius 1 is 1.58 bits per heavy atom. The third-order valence-electron chi connectivity index (χ3n) is 1.24. The Morgan fingerprint density at radius 3 is 2.83 bits per heavy atom. The van der Waals surface area contributed by atoms with E-state index in [4.69, 9.17) is 0 Å². The molecule has 1 N–H and O–H groups in total. The van der Waals surface area contributed by atoms with Crippen LogP contribution in [0.5, 0.6) is 0 Å². The van der Waals surface area contributed by atoms with Gasteiger partial charge in [0, 0.05) is 11.6 Å². The number of H-pyrrole nitrogens is 1. The minimum Gasteiger partial charge on any atom is -1.00 e. The Bertz CT molecular complexity index is 269. The largest absolute Gasteiger partial charge is 1.00 e. The highest BCUT2D eigenvalue weighted by atomic mass is 35.5. The molecule has 0 aromatic carbocycles. The van der Waals surface area contributed by atoms with Crippen LogP contribution in [0, 0.1) is 0 Å².